The first kappa shape index (κ1) is 17.6. The summed E-state index contributed by atoms with van der Waals surface area (Å²) in [6.45, 7) is 4.08. The number of imidazole rings is 1. The van der Waals surface area contributed by atoms with Crippen LogP contribution in [0.3, 0.4) is 0 Å². The van der Waals surface area contributed by atoms with Gasteiger partial charge in [-0.2, -0.15) is 0 Å². The molecule has 0 aliphatic carbocycles. The quantitative estimate of drug-likeness (QED) is 0.402. The van der Waals surface area contributed by atoms with Crippen molar-refractivity contribution in [3.05, 3.63) is 64.8 Å². The molecule has 0 unspecified atom stereocenters. The number of hydrogen-bond donors (Lipinski definition) is 2. The topological polar surface area (TPSA) is 93.4 Å². The number of aryl methyl sites for hydroxylation is 2. The highest BCUT2D eigenvalue weighted by Crippen LogP contribution is 2.31. The third kappa shape index (κ3) is 3.17. The van der Waals surface area contributed by atoms with Crippen LogP contribution >= 0.6 is 11.6 Å². The molecule has 0 atom stereocenters. The molecule has 3 heterocycles. The van der Waals surface area contributed by atoms with Crippen molar-refractivity contribution in [1.29, 1.82) is 0 Å². The van der Waals surface area contributed by atoms with Crippen LogP contribution in [0.1, 0.15) is 11.1 Å². The number of H-pyrrole nitrogens is 1. The van der Waals surface area contributed by atoms with Crippen LogP contribution in [0.2, 0.25) is 5.15 Å². The number of aromatic amines is 1. The molecule has 0 radical (unpaired) electrons. The largest absolute Gasteiger partial charge is 0.368 e. The van der Waals surface area contributed by atoms with Gasteiger partial charge in [0, 0.05) is 10.9 Å². The molecule has 7 heteroatoms. The van der Waals surface area contributed by atoms with Crippen LogP contribution in [0.15, 0.2) is 48.5 Å². The summed E-state index contributed by atoms with van der Waals surface area (Å²) in [6.07, 6.45) is 0. The lowest BCUT2D eigenvalue weighted by atomic mass is 10.1. The number of nitrogens with two attached hydrogens (primary N) is 1. The first-order chi connectivity index (χ1) is 14.0. The molecule has 0 aliphatic rings. The Kier molecular flexibility index (Phi) is 3.96. The van der Waals surface area contributed by atoms with Gasteiger partial charge in [-0.25, -0.2) is 19.9 Å². The van der Waals surface area contributed by atoms with Gasteiger partial charge in [-0.15, -0.1) is 0 Å². The predicted octanol–water partition coefficient (Wildman–Crippen LogP) is 5.09. The molecule has 3 N–H and O–H groups in total. The normalized spacial score (nSPS) is 11.4. The molecule has 0 bridgehead atoms. The Morgan fingerprint density at radius 1 is 0.793 bits per heavy atom. The van der Waals surface area contributed by atoms with Gasteiger partial charge in [0.1, 0.15) is 10.8 Å². The number of nitrogen functional groups attached to an aromatic ring is 1. The number of anilines is 1. The molecule has 0 amide bonds. The molecular formula is C22H17ClN6. The van der Waals surface area contributed by atoms with E-state index in [2.05, 4.69) is 31.0 Å². The number of fused-ring (bicyclic) bond motifs is 2. The lowest BCUT2D eigenvalue weighted by Gasteiger charge is -2.08. The van der Waals surface area contributed by atoms with E-state index < -0.39 is 0 Å². The highest BCUT2D eigenvalue weighted by Gasteiger charge is 2.14. The Labute approximate surface area is 171 Å². The number of nitrogens with one attached hydrogen (secondary N) is 1. The molecular weight excluding hydrogens is 384 g/mol. The average molecular weight is 401 g/mol. The van der Waals surface area contributed by atoms with Crippen molar-refractivity contribution in [1.82, 2.24) is 24.9 Å². The maximum absolute atomic E-state index is 6.47. The second-order valence-electron chi connectivity index (χ2n) is 7.13. The smallest absolute Gasteiger partial charge is 0.221 e. The molecule has 6 nitrogen and oxygen atoms in total. The van der Waals surface area contributed by atoms with Crippen molar-refractivity contribution in [2.24, 2.45) is 0 Å². The maximum Gasteiger partial charge on any atom is 0.221 e. The first-order valence-electron chi connectivity index (χ1n) is 9.15. The molecule has 0 fully saturated rings. The van der Waals surface area contributed by atoms with E-state index in [4.69, 9.17) is 17.3 Å². The van der Waals surface area contributed by atoms with Crippen LogP contribution in [-0.4, -0.2) is 24.9 Å². The molecule has 0 aliphatic heterocycles. The summed E-state index contributed by atoms with van der Waals surface area (Å²) in [5.74, 6) is 0.774. The van der Waals surface area contributed by atoms with Gasteiger partial charge in [-0.3, -0.25) is 0 Å². The van der Waals surface area contributed by atoms with Gasteiger partial charge in [0.15, 0.2) is 5.82 Å². The van der Waals surface area contributed by atoms with Gasteiger partial charge in [-0.1, -0.05) is 29.3 Å². The third-order valence-corrected chi connectivity index (χ3v) is 5.11. The third-order valence-electron chi connectivity index (χ3n) is 4.82. The molecule has 29 heavy (non-hydrogen) atoms. The summed E-state index contributed by atoms with van der Waals surface area (Å²) >= 11 is 6.47. The van der Waals surface area contributed by atoms with Crippen LogP contribution in [-0.2, 0) is 0 Å². The van der Waals surface area contributed by atoms with Crippen LogP contribution in [0.5, 0.6) is 0 Å². The van der Waals surface area contributed by atoms with Crippen LogP contribution < -0.4 is 5.73 Å². The number of nitrogens with zero attached hydrogens (tertiary/aromatic N) is 4. The zero-order chi connectivity index (χ0) is 20.1. The van der Waals surface area contributed by atoms with Crippen LogP contribution in [0, 0.1) is 13.8 Å². The van der Waals surface area contributed by atoms with Gasteiger partial charge in [-0.05, 0) is 55.8 Å². The van der Waals surface area contributed by atoms with Crippen LogP contribution in [0.4, 0.5) is 5.95 Å². The minimum Gasteiger partial charge on any atom is -0.368 e. The summed E-state index contributed by atoms with van der Waals surface area (Å²) in [5, 5.41) is 1.35. The van der Waals surface area contributed by atoms with Gasteiger partial charge in [0.05, 0.1) is 22.2 Å². The van der Waals surface area contributed by atoms with E-state index >= 15 is 0 Å². The molecule has 5 aromatic rings. The fourth-order valence-electron chi connectivity index (χ4n) is 3.42. The fourth-order valence-corrected chi connectivity index (χ4v) is 3.66. The minimum absolute atomic E-state index is 0.148. The van der Waals surface area contributed by atoms with E-state index in [1.807, 2.05) is 56.3 Å². The van der Waals surface area contributed by atoms with E-state index in [1.165, 1.54) is 0 Å². The summed E-state index contributed by atoms with van der Waals surface area (Å²) in [6, 6.07) is 15.9. The Balaban J connectivity index is 1.67. The average Bonchev–Trinajstić information content (AvgIpc) is 3.10. The van der Waals surface area contributed by atoms with E-state index in [0.717, 1.165) is 33.1 Å². The van der Waals surface area contributed by atoms with Gasteiger partial charge in [0.2, 0.25) is 5.95 Å². The monoisotopic (exact) mass is 400 g/mol. The second kappa shape index (κ2) is 6.53. The van der Waals surface area contributed by atoms with Crippen molar-refractivity contribution in [3.8, 4) is 22.8 Å². The van der Waals surface area contributed by atoms with Gasteiger partial charge < -0.3 is 10.7 Å². The first-order valence-corrected chi connectivity index (χ1v) is 9.53. The Morgan fingerprint density at radius 2 is 1.52 bits per heavy atom. The van der Waals surface area contributed by atoms with E-state index in [-0.39, 0.29) is 5.95 Å². The zero-order valence-corrected chi connectivity index (χ0v) is 16.6. The summed E-state index contributed by atoms with van der Waals surface area (Å²) in [7, 11) is 0. The van der Waals surface area contributed by atoms with Crippen molar-refractivity contribution < 1.29 is 0 Å². The Bertz CT molecular complexity index is 1410. The van der Waals surface area contributed by atoms with Crippen LogP contribution in [0.25, 0.3) is 44.7 Å². The molecule has 2 aromatic carbocycles. The number of benzene rings is 2. The number of halogens is 1. The zero-order valence-electron chi connectivity index (χ0n) is 15.9. The highest BCUT2D eigenvalue weighted by molar-refractivity contribution is 6.32. The molecule has 0 saturated carbocycles. The lowest BCUT2D eigenvalue weighted by Crippen LogP contribution is -2.00. The maximum atomic E-state index is 6.47. The van der Waals surface area contributed by atoms with E-state index in [9.17, 15) is 0 Å². The number of rotatable bonds is 2. The number of pyridine rings is 1. The summed E-state index contributed by atoms with van der Waals surface area (Å²) < 4.78 is 0. The predicted molar refractivity (Wildman–Crippen MR) is 117 cm³/mol. The van der Waals surface area contributed by atoms with Crippen molar-refractivity contribution in [2.45, 2.75) is 13.8 Å². The molecule has 0 saturated heterocycles. The number of aromatic nitrogens is 5. The standard InChI is InChI=1S/C22H17ClN6/c1-11-3-5-15-13(7-11)9-14(20(23)25-15)17-10-19(29-22(24)28-17)21-26-16-6-4-12(2)8-18(16)27-21/h3-10H,1-2H3,(H,26,27)(H2,24,28,29). The molecule has 142 valence electrons. The second-order valence-corrected chi connectivity index (χ2v) is 7.48. The van der Waals surface area contributed by atoms with E-state index in [1.54, 1.807) is 0 Å². The highest BCUT2D eigenvalue weighted by atomic mass is 35.5. The SMILES string of the molecule is Cc1ccc2nc(Cl)c(-c3cc(-c4nc5ccc(C)cc5[nH]4)nc(N)n3)cc2c1. The van der Waals surface area contributed by atoms with Crippen molar-refractivity contribution in [3.63, 3.8) is 0 Å². The lowest BCUT2D eigenvalue weighted by molar-refractivity contribution is 1.16. The molecule has 0 spiro atoms. The molecule has 5 rings (SSSR count). The Morgan fingerprint density at radius 3 is 2.34 bits per heavy atom. The van der Waals surface area contributed by atoms with Crippen molar-refractivity contribution >= 4 is 39.5 Å². The van der Waals surface area contributed by atoms with Gasteiger partial charge in [0.25, 0.3) is 0 Å². The summed E-state index contributed by atoms with van der Waals surface area (Å²) in [5.41, 5.74) is 12.9. The van der Waals surface area contributed by atoms with E-state index in [0.29, 0.717) is 27.9 Å². The minimum atomic E-state index is 0.148. The molecule has 3 aromatic heterocycles. The summed E-state index contributed by atoms with van der Waals surface area (Å²) in [4.78, 5) is 21.2. The number of hydrogen-bond acceptors (Lipinski definition) is 5. The Hall–Kier alpha value is -3.51. The van der Waals surface area contributed by atoms with Crippen molar-refractivity contribution in [2.75, 3.05) is 5.73 Å². The van der Waals surface area contributed by atoms with Gasteiger partial charge >= 0.3 is 0 Å². The fraction of sp³-hybridized carbons (Fsp3) is 0.0909.